The number of hydrazone groups is 1. The lowest BCUT2D eigenvalue weighted by Gasteiger charge is -2.23. The third-order valence-corrected chi connectivity index (χ3v) is 7.21. The molecule has 3 aromatic carbocycles. The first kappa shape index (κ1) is 27.5. The Kier molecular flexibility index (Phi) is 9.51. The quantitative estimate of drug-likeness (QED) is 0.280. The Morgan fingerprint density at radius 3 is 2.19 bits per heavy atom. The van der Waals surface area contributed by atoms with Gasteiger partial charge in [0.05, 0.1) is 37.1 Å². The fourth-order valence-corrected chi connectivity index (χ4v) is 4.99. The first-order chi connectivity index (χ1) is 17.8. The number of benzene rings is 3. The number of sulfonamides is 1. The van der Waals surface area contributed by atoms with Crippen molar-refractivity contribution in [3.8, 4) is 17.2 Å². The SMILES string of the molecule is CCOc1ccc(S(=O)(=O)N(CC(=O)N/N=C(/CC)c2ccc(OC)c(OC)c2)c2ccccc2)cc1. The van der Waals surface area contributed by atoms with Crippen molar-refractivity contribution in [1.82, 2.24) is 5.43 Å². The molecule has 1 N–H and O–H groups in total. The average molecular weight is 526 g/mol. The topological polar surface area (TPSA) is 107 Å². The summed E-state index contributed by atoms with van der Waals surface area (Å²) < 4.78 is 44.1. The fraction of sp³-hybridized carbons (Fsp3) is 0.259. The van der Waals surface area contributed by atoms with Crippen molar-refractivity contribution in [2.24, 2.45) is 5.10 Å². The van der Waals surface area contributed by atoms with Crippen molar-refractivity contribution in [1.29, 1.82) is 0 Å². The second-order valence-electron chi connectivity index (χ2n) is 7.77. The fourth-order valence-electron chi connectivity index (χ4n) is 3.57. The highest BCUT2D eigenvalue weighted by molar-refractivity contribution is 7.92. The van der Waals surface area contributed by atoms with Gasteiger partial charge in [-0.05, 0) is 67.9 Å². The number of carbonyl (C=O) groups excluding carboxylic acids is 1. The summed E-state index contributed by atoms with van der Waals surface area (Å²) >= 11 is 0. The molecule has 0 aliphatic rings. The minimum atomic E-state index is -4.06. The molecule has 3 rings (SSSR count). The summed E-state index contributed by atoms with van der Waals surface area (Å²) in [7, 11) is -0.971. The number of para-hydroxylation sites is 1. The lowest BCUT2D eigenvalue weighted by Crippen LogP contribution is -2.39. The largest absolute Gasteiger partial charge is 0.494 e. The molecule has 0 saturated heterocycles. The molecule has 3 aromatic rings. The van der Waals surface area contributed by atoms with Crippen molar-refractivity contribution in [3.63, 3.8) is 0 Å². The Bertz CT molecular complexity index is 1330. The number of anilines is 1. The molecule has 0 fully saturated rings. The zero-order valence-corrected chi connectivity index (χ0v) is 22.1. The van der Waals surface area contributed by atoms with E-state index in [4.69, 9.17) is 14.2 Å². The Labute approximate surface area is 217 Å². The van der Waals surface area contributed by atoms with Crippen LogP contribution in [0.2, 0.25) is 0 Å². The molecule has 0 aliphatic heterocycles. The minimum absolute atomic E-state index is 0.0377. The van der Waals surface area contributed by atoms with Gasteiger partial charge in [-0.1, -0.05) is 25.1 Å². The van der Waals surface area contributed by atoms with E-state index in [1.54, 1.807) is 61.7 Å². The molecule has 0 saturated carbocycles. The van der Waals surface area contributed by atoms with Gasteiger partial charge in [-0.2, -0.15) is 5.10 Å². The van der Waals surface area contributed by atoms with E-state index < -0.39 is 22.5 Å². The third kappa shape index (κ3) is 6.79. The van der Waals surface area contributed by atoms with E-state index in [0.717, 1.165) is 9.87 Å². The monoisotopic (exact) mass is 525 g/mol. The van der Waals surface area contributed by atoms with E-state index in [9.17, 15) is 13.2 Å². The first-order valence-corrected chi connectivity index (χ1v) is 13.2. The Morgan fingerprint density at radius 1 is 0.919 bits per heavy atom. The first-order valence-electron chi connectivity index (χ1n) is 11.7. The molecular formula is C27H31N3O6S. The van der Waals surface area contributed by atoms with Gasteiger partial charge in [0.1, 0.15) is 12.3 Å². The van der Waals surface area contributed by atoms with Gasteiger partial charge in [-0.25, -0.2) is 13.8 Å². The third-order valence-electron chi connectivity index (χ3n) is 5.42. The highest BCUT2D eigenvalue weighted by Gasteiger charge is 2.27. The van der Waals surface area contributed by atoms with E-state index >= 15 is 0 Å². The summed E-state index contributed by atoms with van der Waals surface area (Å²) in [6.07, 6.45) is 0.517. The Balaban J connectivity index is 1.86. The molecule has 0 unspecified atom stereocenters. The van der Waals surface area contributed by atoms with Crippen LogP contribution in [0.1, 0.15) is 25.8 Å². The standard InChI is InChI=1S/C27H31N3O6S/c1-5-24(20-12-17-25(34-3)26(18-20)35-4)28-29-27(31)19-30(21-10-8-7-9-11-21)37(32,33)23-15-13-22(14-16-23)36-6-2/h7-18H,5-6,19H2,1-4H3,(H,29,31)/b28-24-. The van der Waals surface area contributed by atoms with E-state index in [2.05, 4.69) is 10.5 Å². The number of hydrogen-bond donors (Lipinski definition) is 1. The summed E-state index contributed by atoms with van der Waals surface area (Å²) in [6, 6.07) is 19.8. The van der Waals surface area contributed by atoms with Crippen LogP contribution in [0.15, 0.2) is 82.8 Å². The van der Waals surface area contributed by atoms with Crippen LogP contribution < -0.4 is 23.9 Å². The number of methoxy groups -OCH3 is 2. The Morgan fingerprint density at radius 2 is 1.59 bits per heavy atom. The van der Waals surface area contributed by atoms with Gasteiger partial charge < -0.3 is 14.2 Å². The van der Waals surface area contributed by atoms with Gasteiger partial charge in [0.2, 0.25) is 0 Å². The van der Waals surface area contributed by atoms with Crippen LogP contribution in [0.5, 0.6) is 17.2 Å². The number of amides is 1. The molecule has 0 heterocycles. The van der Waals surface area contributed by atoms with Crippen LogP contribution >= 0.6 is 0 Å². The van der Waals surface area contributed by atoms with Gasteiger partial charge in [0, 0.05) is 5.56 Å². The number of carbonyl (C=O) groups is 1. The van der Waals surface area contributed by atoms with Crippen LogP contribution in [0.3, 0.4) is 0 Å². The normalized spacial score (nSPS) is 11.5. The summed E-state index contributed by atoms with van der Waals surface area (Å²) in [5, 5.41) is 4.26. The van der Waals surface area contributed by atoms with Gasteiger partial charge in [-0.15, -0.1) is 0 Å². The molecule has 37 heavy (non-hydrogen) atoms. The van der Waals surface area contributed by atoms with Crippen molar-refractivity contribution in [2.45, 2.75) is 25.2 Å². The molecule has 196 valence electrons. The Hall–Kier alpha value is -4.05. The molecule has 0 aromatic heterocycles. The van der Waals surface area contributed by atoms with E-state index in [1.165, 1.54) is 19.2 Å². The van der Waals surface area contributed by atoms with Crippen molar-refractivity contribution in [3.05, 3.63) is 78.4 Å². The number of nitrogens with one attached hydrogen (secondary N) is 1. The molecule has 0 bridgehead atoms. The summed E-state index contributed by atoms with van der Waals surface area (Å²) in [4.78, 5) is 13.0. The van der Waals surface area contributed by atoms with Crippen LogP contribution in [0.4, 0.5) is 5.69 Å². The van der Waals surface area contributed by atoms with Gasteiger partial charge in [0.15, 0.2) is 11.5 Å². The second kappa shape index (κ2) is 12.8. The highest BCUT2D eigenvalue weighted by atomic mass is 32.2. The predicted molar refractivity (Wildman–Crippen MR) is 143 cm³/mol. The van der Waals surface area contributed by atoms with Gasteiger partial charge in [0.25, 0.3) is 15.9 Å². The lowest BCUT2D eigenvalue weighted by molar-refractivity contribution is -0.119. The molecule has 0 spiro atoms. The molecule has 10 heteroatoms. The van der Waals surface area contributed by atoms with E-state index in [-0.39, 0.29) is 4.90 Å². The summed E-state index contributed by atoms with van der Waals surface area (Å²) in [5.41, 5.74) is 4.18. The van der Waals surface area contributed by atoms with Gasteiger partial charge >= 0.3 is 0 Å². The highest BCUT2D eigenvalue weighted by Crippen LogP contribution is 2.28. The van der Waals surface area contributed by atoms with Crippen molar-refractivity contribution < 1.29 is 27.4 Å². The van der Waals surface area contributed by atoms with Crippen molar-refractivity contribution in [2.75, 3.05) is 31.7 Å². The van der Waals surface area contributed by atoms with E-state index in [0.29, 0.717) is 41.7 Å². The van der Waals surface area contributed by atoms with Crippen LogP contribution in [-0.4, -0.2) is 47.4 Å². The smallest absolute Gasteiger partial charge is 0.264 e. The number of ether oxygens (including phenoxy) is 3. The molecule has 9 nitrogen and oxygen atoms in total. The van der Waals surface area contributed by atoms with Crippen LogP contribution in [-0.2, 0) is 14.8 Å². The zero-order valence-electron chi connectivity index (χ0n) is 21.3. The lowest BCUT2D eigenvalue weighted by atomic mass is 10.1. The van der Waals surface area contributed by atoms with Crippen molar-refractivity contribution >= 4 is 27.3 Å². The number of hydrogen-bond acceptors (Lipinski definition) is 7. The van der Waals surface area contributed by atoms with Crippen LogP contribution in [0, 0.1) is 0 Å². The second-order valence-corrected chi connectivity index (χ2v) is 9.63. The maximum Gasteiger partial charge on any atom is 0.264 e. The predicted octanol–water partition coefficient (Wildman–Crippen LogP) is 4.23. The molecule has 0 atom stereocenters. The molecule has 0 aliphatic carbocycles. The minimum Gasteiger partial charge on any atom is -0.494 e. The zero-order chi connectivity index (χ0) is 26.8. The maximum atomic E-state index is 13.5. The number of rotatable bonds is 12. The molecule has 1 amide bonds. The van der Waals surface area contributed by atoms with Gasteiger partial charge in [-0.3, -0.25) is 9.10 Å². The maximum absolute atomic E-state index is 13.5. The van der Waals surface area contributed by atoms with E-state index in [1.807, 2.05) is 19.9 Å². The molecule has 0 radical (unpaired) electrons. The summed E-state index contributed by atoms with van der Waals surface area (Å²) in [6.45, 7) is 3.74. The molecular weight excluding hydrogens is 494 g/mol. The summed E-state index contributed by atoms with van der Waals surface area (Å²) in [5.74, 6) is 1.07. The average Bonchev–Trinajstić information content (AvgIpc) is 2.92. The number of nitrogens with zero attached hydrogens (tertiary/aromatic N) is 2. The van der Waals surface area contributed by atoms with Crippen LogP contribution in [0.25, 0.3) is 0 Å².